The number of rotatable bonds is 7. The fourth-order valence-electron chi connectivity index (χ4n) is 2.36. The average molecular weight is 297 g/mol. The van der Waals surface area contributed by atoms with Crippen molar-refractivity contribution < 1.29 is 4.74 Å². The molecule has 1 aromatic rings. The van der Waals surface area contributed by atoms with E-state index in [1.165, 1.54) is 17.7 Å². The number of anilines is 1. The Morgan fingerprint density at radius 2 is 2.40 bits per heavy atom. The van der Waals surface area contributed by atoms with Crippen molar-refractivity contribution in [3.63, 3.8) is 0 Å². The molecule has 0 bridgehead atoms. The zero-order chi connectivity index (χ0) is 14.4. The molecule has 1 aliphatic heterocycles. The number of hydrogen-bond acceptors (Lipinski definition) is 5. The summed E-state index contributed by atoms with van der Waals surface area (Å²) in [6.07, 6.45) is 5.87. The summed E-state index contributed by atoms with van der Waals surface area (Å²) in [7, 11) is 0. The highest BCUT2D eigenvalue weighted by Crippen LogP contribution is 2.26. The Labute approximate surface area is 126 Å². The molecule has 4 nitrogen and oxygen atoms in total. The maximum atomic E-state index is 5.89. The Morgan fingerprint density at radius 1 is 1.55 bits per heavy atom. The summed E-state index contributed by atoms with van der Waals surface area (Å²) < 4.78 is 5.89. The van der Waals surface area contributed by atoms with E-state index in [2.05, 4.69) is 36.0 Å². The van der Waals surface area contributed by atoms with Crippen LogP contribution < -0.4 is 10.2 Å². The molecule has 1 fully saturated rings. The van der Waals surface area contributed by atoms with Crippen molar-refractivity contribution in [2.24, 2.45) is 0 Å². The second kappa shape index (κ2) is 7.96. The average Bonchev–Trinajstić information content (AvgIpc) is 2.92. The molecule has 1 aliphatic rings. The third-order valence-corrected chi connectivity index (χ3v) is 4.49. The molecule has 0 saturated carbocycles. The van der Waals surface area contributed by atoms with Gasteiger partial charge in [0.1, 0.15) is 0 Å². The lowest BCUT2D eigenvalue weighted by atomic mass is 10.1. The molecule has 20 heavy (non-hydrogen) atoms. The normalized spacial score (nSPS) is 19.8. The smallest absolute Gasteiger partial charge is 0.185 e. The van der Waals surface area contributed by atoms with Crippen LogP contribution in [0, 0.1) is 0 Å². The van der Waals surface area contributed by atoms with Crippen LogP contribution in [-0.2, 0) is 11.3 Å². The van der Waals surface area contributed by atoms with Gasteiger partial charge in [0.05, 0.1) is 6.10 Å². The Bertz CT molecular complexity index is 394. The molecule has 0 radical (unpaired) electrons. The molecule has 0 amide bonds. The van der Waals surface area contributed by atoms with Gasteiger partial charge in [-0.3, -0.25) is 0 Å². The SMILES string of the molecule is CCCOC1CCCN(c2ncc(CNC(C)C)s2)C1. The molecule has 114 valence electrons. The monoisotopic (exact) mass is 297 g/mol. The number of aromatic nitrogens is 1. The predicted octanol–water partition coefficient (Wildman–Crippen LogP) is 3.04. The van der Waals surface area contributed by atoms with Gasteiger partial charge in [-0.25, -0.2) is 4.98 Å². The first-order chi connectivity index (χ1) is 9.69. The van der Waals surface area contributed by atoms with Crippen molar-refractivity contribution in [1.82, 2.24) is 10.3 Å². The van der Waals surface area contributed by atoms with Crippen molar-refractivity contribution >= 4 is 16.5 Å². The summed E-state index contributed by atoms with van der Waals surface area (Å²) in [5.41, 5.74) is 0. The zero-order valence-electron chi connectivity index (χ0n) is 12.9. The van der Waals surface area contributed by atoms with E-state index in [0.717, 1.165) is 37.8 Å². The highest BCUT2D eigenvalue weighted by atomic mass is 32.1. The number of hydrogen-bond donors (Lipinski definition) is 1. The van der Waals surface area contributed by atoms with E-state index in [1.54, 1.807) is 11.3 Å². The molecule has 2 heterocycles. The van der Waals surface area contributed by atoms with Crippen molar-refractivity contribution in [1.29, 1.82) is 0 Å². The zero-order valence-corrected chi connectivity index (χ0v) is 13.7. The predicted molar refractivity (Wildman–Crippen MR) is 85.6 cm³/mol. The summed E-state index contributed by atoms with van der Waals surface area (Å²) in [5.74, 6) is 0. The number of nitrogens with zero attached hydrogens (tertiary/aromatic N) is 2. The lowest BCUT2D eigenvalue weighted by molar-refractivity contribution is 0.0440. The number of thiazole rings is 1. The molecule has 1 unspecified atom stereocenters. The molecule has 5 heteroatoms. The van der Waals surface area contributed by atoms with Crippen molar-refractivity contribution in [2.75, 3.05) is 24.6 Å². The van der Waals surface area contributed by atoms with E-state index in [0.29, 0.717) is 12.1 Å². The summed E-state index contributed by atoms with van der Waals surface area (Å²) in [6.45, 7) is 10.4. The third kappa shape index (κ3) is 4.72. The van der Waals surface area contributed by atoms with Gasteiger partial charge >= 0.3 is 0 Å². The molecule has 1 aromatic heterocycles. The second-order valence-corrected chi connectivity index (χ2v) is 6.82. The fourth-order valence-corrected chi connectivity index (χ4v) is 3.26. The first-order valence-electron chi connectivity index (χ1n) is 7.73. The number of piperidine rings is 1. The summed E-state index contributed by atoms with van der Waals surface area (Å²) >= 11 is 1.80. The van der Waals surface area contributed by atoms with E-state index < -0.39 is 0 Å². The van der Waals surface area contributed by atoms with Crippen LogP contribution in [0.1, 0.15) is 44.9 Å². The van der Waals surface area contributed by atoms with Crippen molar-refractivity contribution in [3.8, 4) is 0 Å². The van der Waals surface area contributed by atoms with Crippen LogP contribution in [0.5, 0.6) is 0 Å². The molecule has 1 atom stereocenters. The van der Waals surface area contributed by atoms with Crippen LogP contribution >= 0.6 is 11.3 Å². The molecule has 0 aliphatic carbocycles. The molecular weight excluding hydrogens is 270 g/mol. The summed E-state index contributed by atoms with van der Waals surface area (Å²) in [6, 6.07) is 0.516. The number of ether oxygens (including phenoxy) is 1. The van der Waals surface area contributed by atoms with Gasteiger partial charge in [-0.2, -0.15) is 0 Å². The van der Waals surface area contributed by atoms with E-state index >= 15 is 0 Å². The maximum absolute atomic E-state index is 5.89. The van der Waals surface area contributed by atoms with Crippen LogP contribution in [0.2, 0.25) is 0 Å². The van der Waals surface area contributed by atoms with E-state index in [-0.39, 0.29) is 0 Å². The first kappa shape index (κ1) is 15.7. The molecule has 0 aromatic carbocycles. The molecular formula is C15H27N3OS. The Balaban J connectivity index is 1.87. The molecule has 2 rings (SSSR count). The fraction of sp³-hybridized carbons (Fsp3) is 0.800. The van der Waals surface area contributed by atoms with Crippen molar-refractivity contribution in [3.05, 3.63) is 11.1 Å². The van der Waals surface area contributed by atoms with Gasteiger partial charge in [0.15, 0.2) is 5.13 Å². The van der Waals surface area contributed by atoms with Gasteiger partial charge in [-0.15, -0.1) is 11.3 Å². The minimum atomic E-state index is 0.379. The van der Waals surface area contributed by atoms with Crippen molar-refractivity contribution in [2.45, 2.75) is 58.7 Å². The second-order valence-electron chi connectivity index (χ2n) is 5.73. The van der Waals surface area contributed by atoms with Crippen LogP contribution in [0.3, 0.4) is 0 Å². The largest absolute Gasteiger partial charge is 0.376 e. The van der Waals surface area contributed by atoms with Gasteiger partial charge in [0, 0.05) is 43.4 Å². The minimum Gasteiger partial charge on any atom is -0.376 e. The molecule has 0 spiro atoms. The Hall–Kier alpha value is -0.650. The lowest BCUT2D eigenvalue weighted by Gasteiger charge is -2.32. The Kier molecular flexibility index (Phi) is 6.26. The lowest BCUT2D eigenvalue weighted by Crippen LogP contribution is -2.39. The highest BCUT2D eigenvalue weighted by molar-refractivity contribution is 7.15. The van der Waals surface area contributed by atoms with Crippen LogP contribution in [0.25, 0.3) is 0 Å². The van der Waals surface area contributed by atoms with E-state index in [9.17, 15) is 0 Å². The third-order valence-electron chi connectivity index (χ3n) is 3.43. The van der Waals surface area contributed by atoms with Crippen LogP contribution in [-0.4, -0.2) is 36.8 Å². The van der Waals surface area contributed by atoms with Gasteiger partial charge in [-0.05, 0) is 19.3 Å². The number of nitrogens with one attached hydrogen (secondary N) is 1. The maximum Gasteiger partial charge on any atom is 0.185 e. The first-order valence-corrected chi connectivity index (χ1v) is 8.55. The van der Waals surface area contributed by atoms with Gasteiger partial charge in [-0.1, -0.05) is 20.8 Å². The Morgan fingerprint density at radius 3 is 3.15 bits per heavy atom. The van der Waals surface area contributed by atoms with Crippen LogP contribution in [0.15, 0.2) is 6.20 Å². The van der Waals surface area contributed by atoms with Gasteiger partial charge in [0.2, 0.25) is 0 Å². The van der Waals surface area contributed by atoms with E-state index in [4.69, 9.17) is 4.74 Å². The molecule has 1 N–H and O–H groups in total. The van der Waals surface area contributed by atoms with Gasteiger partial charge in [0.25, 0.3) is 0 Å². The quantitative estimate of drug-likeness (QED) is 0.839. The van der Waals surface area contributed by atoms with Crippen LogP contribution in [0.4, 0.5) is 5.13 Å². The molecule has 1 saturated heterocycles. The summed E-state index contributed by atoms with van der Waals surface area (Å²) in [4.78, 5) is 8.27. The topological polar surface area (TPSA) is 37.4 Å². The highest BCUT2D eigenvalue weighted by Gasteiger charge is 2.22. The minimum absolute atomic E-state index is 0.379. The summed E-state index contributed by atoms with van der Waals surface area (Å²) in [5, 5.41) is 4.59. The standard InChI is InChI=1S/C15H27N3OS/c1-4-8-19-13-6-5-7-18(11-13)15-17-10-14(20-15)9-16-12(2)3/h10,12-13,16H,4-9,11H2,1-3H3. The van der Waals surface area contributed by atoms with Gasteiger partial charge < -0.3 is 15.0 Å². The van der Waals surface area contributed by atoms with E-state index in [1.807, 2.05) is 6.20 Å².